The van der Waals surface area contributed by atoms with Crippen LogP contribution in [-0.4, -0.2) is 12.5 Å². The minimum Gasteiger partial charge on any atom is -0.491 e. The van der Waals surface area contributed by atoms with Crippen LogP contribution in [0.25, 0.3) is 0 Å². The minimum absolute atomic E-state index is 0.133. The Morgan fingerprint density at radius 3 is 2.52 bits per heavy atom. The lowest BCUT2D eigenvalue weighted by Crippen LogP contribution is -2.12. The maximum atomic E-state index is 13.7. The van der Waals surface area contributed by atoms with E-state index >= 15 is 0 Å². The first-order chi connectivity index (χ1) is 10.0. The highest BCUT2D eigenvalue weighted by molar-refractivity contribution is 6.04. The van der Waals surface area contributed by atoms with Crippen LogP contribution in [0, 0.1) is 18.6 Å². The molecule has 0 heterocycles. The van der Waals surface area contributed by atoms with E-state index < -0.39 is 11.7 Å². The van der Waals surface area contributed by atoms with E-state index in [0.717, 1.165) is 0 Å². The van der Waals surface area contributed by atoms with Crippen molar-refractivity contribution in [2.24, 2.45) is 0 Å². The van der Waals surface area contributed by atoms with Crippen molar-refractivity contribution in [3.05, 3.63) is 59.2 Å². The Labute approximate surface area is 121 Å². The Kier molecular flexibility index (Phi) is 4.52. The number of amides is 1. The number of carbonyl (C=O) groups excluding carboxylic acids is 1. The second-order valence-corrected chi connectivity index (χ2v) is 4.50. The normalized spacial score (nSPS) is 10.3. The molecule has 0 radical (unpaired) electrons. The SMILES string of the molecule is CCOc1ccc(NC(=O)c2ccc(F)c(C)c2)cc1F. The van der Waals surface area contributed by atoms with Crippen molar-refractivity contribution < 1.29 is 18.3 Å². The predicted octanol–water partition coefficient (Wildman–Crippen LogP) is 3.92. The highest BCUT2D eigenvalue weighted by Gasteiger charge is 2.10. The number of rotatable bonds is 4. The molecule has 0 aliphatic rings. The summed E-state index contributed by atoms with van der Waals surface area (Å²) in [5, 5.41) is 2.56. The lowest BCUT2D eigenvalue weighted by molar-refractivity contribution is 0.102. The number of carbonyl (C=O) groups is 1. The van der Waals surface area contributed by atoms with E-state index in [9.17, 15) is 13.6 Å². The van der Waals surface area contributed by atoms with Crippen molar-refractivity contribution in [2.75, 3.05) is 11.9 Å². The van der Waals surface area contributed by atoms with E-state index in [2.05, 4.69) is 5.32 Å². The first-order valence-corrected chi connectivity index (χ1v) is 6.51. The van der Waals surface area contributed by atoms with Crippen molar-refractivity contribution in [2.45, 2.75) is 13.8 Å². The summed E-state index contributed by atoms with van der Waals surface area (Å²) in [6.07, 6.45) is 0. The van der Waals surface area contributed by atoms with E-state index in [0.29, 0.717) is 23.4 Å². The molecule has 2 rings (SSSR count). The Balaban J connectivity index is 2.15. The van der Waals surface area contributed by atoms with Crippen molar-refractivity contribution in [3.63, 3.8) is 0 Å². The van der Waals surface area contributed by atoms with Crippen LogP contribution >= 0.6 is 0 Å². The van der Waals surface area contributed by atoms with Crippen LogP contribution in [0.2, 0.25) is 0 Å². The Hall–Kier alpha value is -2.43. The molecule has 0 saturated carbocycles. The van der Waals surface area contributed by atoms with Gasteiger partial charge in [-0.3, -0.25) is 4.79 Å². The average molecular weight is 291 g/mol. The molecule has 0 saturated heterocycles. The Morgan fingerprint density at radius 2 is 1.90 bits per heavy atom. The molecule has 0 spiro atoms. The molecule has 1 amide bonds. The van der Waals surface area contributed by atoms with Gasteiger partial charge in [-0.05, 0) is 49.7 Å². The smallest absolute Gasteiger partial charge is 0.255 e. The van der Waals surface area contributed by atoms with Crippen LogP contribution in [-0.2, 0) is 0 Å². The zero-order valence-electron chi connectivity index (χ0n) is 11.7. The number of benzene rings is 2. The zero-order chi connectivity index (χ0) is 15.4. The summed E-state index contributed by atoms with van der Waals surface area (Å²) < 4.78 is 31.9. The van der Waals surface area contributed by atoms with Crippen molar-refractivity contribution in [3.8, 4) is 5.75 Å². The fraction of sp³-hybridized carbons (Fsp3) is 0.188. The maximum absolute atomic E-state index is 13.7. The first kappa shape index (κ1) is 15.0. The quantitative estimate of drug-likeness (QED) is 0.927. The van der Waals surface area contributed by atoms with Crippen LogP contribution in [0.4, 0.5) is 14.5 Å². The molecule has 3 nitrogen and oxygen atoms in total. The monoisotopic (exact) mass is 291 g/mol. The molecule has 2 aromatic carbocycles. The summed E-state index contributed by atoms with van der Waals surface area (Å²) in [6.45, 7) is 3.69. The zero-order valence-corrected chi connectivity index (χ0v) is 11.7. The molecule has 1 N–H and O–H groups in total. The van der Waals surface area contributed by atoms with Gasteiger partial charge in [0.25, 0.3) is 5.91 Å². The molecule has 0 aliphatic heterocycles. The first-order valence-electron chi connectivity index (χ1n) is 6.51. The van der Waals surface area contributed by atoms with Crippen molar-refractivity contribution in [1.29, 1.82) is 0 Å². The van der Waals surface area contributed by atoms with Gasteiger partial charge in [0.15, 0.2) is 11.6 Å². The molecule has 0 bridgehead atoms. The Morgan fingerprint density at radius 1 is 1.14 bits per heavy atom. The molecule has 0 unspecified atom stereocenters. The highest BCUT2D eigenvalue weighted by atomic mass is 19.1. The summed E-state index contributed by atoms with van der Waals surface area (Å²) in [4.78, 5) is 12.0. The van der Waals surface area contributed by atoms with Gasteiger partial charge in [-0.2, -0.15) is 0 Å². The summed E-state index contributed by atoms with van der Waals surface area (Å²) in [5.74, 6) is -1.22. The average Bonchev–Trinajstić information content (AvgIpc) is 2.45. The number of hydrogen-bond donors (Lipinski definition) is 1. The number of halogens is 2. The number of anilines is 1. The van der Waals surface area contributed by atoms with Gasteiger partial charge in [0.05, 0.1) is 6.61 Å². The van der Waals surface area contributed by atoms with Gasteiger partial charge >= 0.3 is 0 Å². The summed E-state index contributed by atoms with van der Waals surface area (Å²) in [7, 11) is 0. The van der Waals surface area contributed by atoms with Gasteiger partial charge in [0.1, 0.15) is 5.82 Å². The van der Waals surface area contributed by atoms with Gasteiger partial charge in [-0.25, -0.2) is 8.78 Å². The van der Waals surface area contributed by atoms with Crippen LogP contribution < -0.4 is 10.1 Å². The van der Waals surface area contributed by atoms with E-state index in [1.807, 2.05) is 0 Å². The highest BCUT2D eigenvalue weighted by Crippen LogP contribution is 2.21. The third kappa shape index (κ3) is 3.56. The lowest BCUT2D eigenvalue weighted by atomic mass is 10.1. The number of aryl methyl sites for hydroxylation is 1. The molecule has 0 fully saturated rings. The van der Waals surface area contributed by atoms with E-state index in [-0.39, 0.29) is 11.6 Å². The second-order valence-electron chi connectivity index (χ2n) is 4.50. The minimum atomic E-state index is -0.551. The molecule has 0 atom stereocenters. The standard InChI is InChI=1S/C16H15F2NO2/c1-3-21-15-7-5-12(9-14(15)18)19-16(20)11-4-6-13(17)10(2)8-11/h4-9H,3H2,1-2H3,(H,19,20). The van der Waals surface area contributed by atoms with E-state index in [1.54, 1.807) is 19.9 Å². The van der Waals surface area contributed by atoms with Gasteiger partial charge < -0.3 is 10.1 Å². The fourth-order valence-corrected chi connectivity index (χ4v) is 1.84. The summed E-state index contributed by atoms with van der Waals surface area (Å²) in [5.41, 5.74) is 0.992. The Bertz CT molecular complexity index is 671. The molecule has 0 aliphatic carbocycles. The molecular weight excluding hydrogens is 276 g/mol. The van der Waals surface area contributed by atoms with Crippen LogP contribution in [0.1, 0.15) is 22.8 Å². The lowest BCUT2D eigenvalue weighted by Gasteiger charge is -2.09. The second kappa shape index (κ2) is 6.35. The fourth-order valence-electron chi connectivity index (χ4n) is 1.84. The van der Waals surface area contributed by atoms with Gasteiger partial charge in [-0.1, -0.05) is 0 Å². The summed E-state index contributed by atoms with van der Waals surface area (Å²) >= 11 is 0. The molecule has 110 valence electrons. The summed E-state index contributed by atoms with van der Waals surface area (Å²) in [6, 6.07) is 8.22. The molecular formula is C16H15F2NO2. The third-order valence-corrected chi connectivity index (χ3v) is 2.91. The number of nitrogens with one attached hydrogen (secondary N) is 1. The third-order valence-electron chi connectivity index (χ3n) is 2.91. The molecule has 2 aromatic rings. The van der Waals surface area contributed by atoms with Crippen molar-refractivity contribution in [1.82, 2.24) is 0 Å². The van der Waals surface area contributed by atoms with E-state index in [4.69, 9.17) is 4.74 Å². The maximum Gasteiger partial charge on any atom is 0.255 e. The molecule has 0 aromatic heterocycles. The van der Waals surface area contributed by atoms with Crippen LogP contribution in [0.15, 0.2) is 36.4 Å². The van der Waals surface area contributed by atoms with Crippen LogP contribution in [0.5, 0.6) is 5.75 Å². The van der Waals surface area contributed by atoms with E-state index in [1.165, 1.54) is 30.3 Å². The number of ether oxygens (including phenoxy) is 1. The largest absolute Gasteiger partial charge is 0.491 e. The van der Waals surface area contributed by atoms with Gasteiger partial charge in [-0.15, -0.1) is 0 Å². The molecule has 21 heavy (non-hydrogen) atoms. The van der Waals surface area contributed by atoms with Gasteiger partial charge in [0, 0.05) is 17.3 Å². The van der Waals surface area contributed by atoms with Gasteiger partial charge in [0.2, 0.25) is 0 Å². The molecule has 5 heteroatoms. The van der Waals surface area contributed by atoms with Crippen molar-refractivity contribution >= 4 is 11.6 Å². The predicted molar refractivity (Wildman–Crippen MR) is 76.7 cm³/mol. The topological polar surface area (TPSA) is 38.3 Å². The number of hydrogen-bond acceptors (Lipinski definition) is 2. The van der Waals surface area contributed by atoms with Crippen LogP contribution in [0.3, 0.4) is 0 Å².